The van der Waals surface area contributed by atoms with Crippen LogP contribution in [0.15, 0.2) is 29.3 Å². The first-order chi connectivity index (χ1) is 12.0. The zero-order valence-electron chi connectivity index (χ0n) is 16.0. The Morgan fingerprint density at radius 3 is 2.72 bits per heavy atom. The van der Waals surface area contributed by atoms with Crippen LogP contribution in [0.4, 0.5) is 0 Å². The van der Waals surface area contributed by atoms with Gasteiger partial charge in [0.15, 0.2) is 5.96 Å². The second-order valence-corrected chi connectivity index (χ2v) is 6.77. The van der Waals surface area contributed by atoms with Gasteiger partial charge >= 0.3 is 0 Å². The highest BCUT2D eigenvalue weighted by molar-refractivity contribution is 5.79. The Kier molecular flexibility index (Phi) is 7.52. The summed E-state index contributed by atoms with van der Waals surface area (Å²) in [7, 11) is 1.80. The molecule has 2 rings (SSSR count). The van der Waals surface area contributed by atoms with Crippen LogP contribution in [0.5, 0.6) is 5.75 Å². The third-order valence-corrected chi connectivity index (χ3v) is 4.45. The van der Waals surface area contributed by atoms with Gasteiger partial charge < -0.3 is 20.1 Å². The number of rotatable bonds is 7. The molecule has 140 valence electrons. The Bertz CT molecular complexity index is 554. The fourth-order valence-corrected chi connectivity index (χ4v) is 2.90. The largest absolute Gasteiger partial charge is 0.494 e. The van der Waals surface area contributed by atoms with Crippen LogP contribution in [-0.2, 0) is 11.3 Å². The van der Waals surface area contributed by atoms with E-state index >= 15 is 0 Å². The lowest BCUT2D eigenvalue weighted by molar-refractivity contribution is -0.00834. The molecule has 6 heteroatoms. The van der Waals surface area contributed by atoms with Gasteiger partial charge in [-0.1, -0.05) is 12.1 Å². The minimum absolute atomic E-state index is 0.0519. The molecule has 25 heavy (non-hydrogen) atoms. The van der Waals surface area contributed by atoms with Crippen LogP contribution < -0.4 is 15.4 Å². The van der Waals surface area contributed by atoms with Crippen molar-refractivity contribution >= 4 is 5.96 Å². The zero-order chi connectivity index (χ0) is 18.1. The molecule has 1 aliphatic rings. The summed E-state index contributed by atoms with van der Waals surface area (Å²) in [5, 5.41) is 6.81. The molecule has 0 saturated carbocycles. The number of aliphatic imine (C=N–C) groups is 1. The SMILES string of the molecule is CCOc1cccc(CNC(=NC)NCC(C)(C)N2CCOCC2)c1. The molecule has 1 heterocycles. The van der Waals surface area contributed by atoms with E-state index in [2.05, 4.69) is 46.5 Å². The first-order valence-electron chi connectivity index (χ1n) is 9.04. The smallest absolute Gasteiger partial charge is 0.191 e. The van der Waals surface area contributed by atoms with Crippen molar-refractivity contribution in [1.29, 1.82) is 0 Å². The molecule has 6 nitrogen and oxygen atoms in total. The Balaban J connectivity index is 1.83. The zero-order valence-corrected chi connectivity index (χ0v) is 16.0. The molecule has 1 aliphatic heterocycles. The Hall–Kier alpha value is -1.79. The number of nitrogens with zero attached hydrogens (tertiary/aromatic N) is 2. The summed E-state index contributed by atoms with van der Waals surface area (Å²) in [6, 6.07) is 8.13. The molecule has 1 fully saturated rings. The average molecular weight is 348 g/mol. The van der Waals surface area contributed by atoms with Crippen molar-refractivity contribution in [2.75, 3.05) is 46.5 Å². The average Bonchev–Trinajstić information content (AvgIpc) is 2.63. The van der Waals surface area contributed by atoms with Crippen molar-refractivity contribution in [2.45, 2.75) is 32.9 Å². The summed E-state index contributed by atoms with van der Waals surface area (Å²) < 4.78 is 11.0. The molecule has 0 atom stereocenters. The minimum Gasteiger partial charge on any atom is -0.494 e. The van der Waals surface area contributed by atoms with Gasteiger partial charge in [0.05, 0.1) is 19.8 Å². The van der Waals surface area contributed by atoms with E-state index in [0.717, 1.165) is 44.6 Å². The molecular formula is C19H32N4O2. The van der Waals surface area contributed by atoms with Crippen LogP contribution in [-0.4, -0.2) is 62.9 Å². The van der Waals surface area contributed by atoms with Gasteiger partial charge in [0.2, 0.25) is 0 Å². The van der Waals surface area contributed by atoms with Crippen LogP contribution >= 0.6 is 0 Å². The monoisotopic (exact) mass is 348 g/mol. The topological polar surface area (TPSA) is 58.1 Å². The minimum atomic E-state index is 0.0519. The van der Waals surface area contributed by atoms with E-state index < -0.39 is 0 Å². The molecule has 0 aromatic heterocycles. The van der Waals surface area contributed by atoms with E-state index in [0.29, 0.717) is 13.2 Å². The normalized spacial score (nSPS) is 16.6. The number of hydrogen-bond acceptors (Lipinski definition) is 4. The second kappa shape index (κ2) is 9.63. The number of morpholine rings is 1. The highest BCUT2D eigenvalue weighted by Gasteiger charge is 2.28. The number of nitrogens with one attached hydrogen (secondary N) is 2. The Labute approximate surface area is 151 Å². The van der Waals surface area contributed by atoms with Crippen LogP contribution in [0.3, 0.4) is 0 Å². The lowest BCUT2D eigenvalue weighted by atomic mass is 10.0. The van der Waals surface area contributed by atoms with Crippen LogP contribution in [0.1, 0.15) is 26.3 Å². The van der Waals surface area contributed by atoms with Gasteiger partial charge in [0.1, 0.15) is 5.75 Å². The molecule has 0 unspecified atom stereocenters. The summed E-state index contributed by atoms with van der Waals surface area (Å²) >= 11 is 0. The molecule has 2 N–H and O–H groups in total. The van der Waals surface area contributed by atoms with Crippen molar-refractivity contribution in [1.82, 2.24) is 15.5 Å². The highest BCUT2D eigenvalue weighted by Crippen LogP contribution is 2.15. The van der Waals surface area contributed by atoms with Crippen LogP contribution in [0.25, 0.3) is 0 Å². The standard InChI is InChI=1S/C19H32N4O2/c1-5-25-17-8-6-7-16(13-17)14-21-18(20-4)22-15-19(2,3)23-9-11-24-12-10-23/h6-8,13H,5,9-12,14-15H2,1-4H3,(H2,20,21,22). The molecule has 1 aromatic carbocycles. The first kappa shape index (κ1) is 19.5. The maximum atomic E-state index is 5.55. The van der Waals surface area contributed by atoms with Crippen LogP contribution in [0.2, 0.25) is 0 Å². The van der Waals surface area contributed by atoms with E-state index in [9.17, 15) is 0 Å². The fraction of sp³-hybridized carbons (Fsp3) is 0.632. The molecule has 1 aromatic rings. The molecule has 0 radical (unpaired) electrons. The molecule has 1 saturated heterocycles. The predicted molar refractivity (Wildman–Crippen MR) is 102 cm³/mol. The van der Waals surface area contributed by atoms with Gasteiger partial charge in [0, 0.05) is 38.8 Å². The molecular weight excluding hydrogens is 316 g/mol. The van der Waals surface area contributed by atoms with Crippen molar-refractivity contribution in [3.63, 3.8) is 0 Å². The summed E-state index contributed by atoms with van der Waals surface area (Å²) in [6.45, 7) is 12.3. The van der Waals surface area contributed by atoms with Gasteiger partial charge in [-0.3, -0.25) is 9.89 Å². The quantitative estimate of drug-likeness (QED) is 0.582. The number of ether oxygens (including phenoxy) is 2. The predicted octanol–water partition coefficient (Wildman–Crippen LogP) is 1.86. The third-order valence-electron chi connectivity index (χ3n) is 4.45. The lowest BCUT2D eigenvalue weighted by Crippen LogP contribution is -2.56. The highest BCUT2D eigenvalue weighted by atomic mass is 16.5. The van der Waals surface area contributed by atoms with Gasteiger partial charge in [-0.2, -0.15) is 0 Å². The van der Waals surface area contributed by atoms with E-state index in [-0.39, 0.29) is 5.54 Å². The summed E-state index contributed by atoms with van der Waals surface area (Å²) in [5.74, 6) is 1.71. The van der Waals surface area contributed by atoms with E-state index in [1.54, 1.807) is 7.05 Å². The summed E-state index contributed by atoms with van der Waals surface area (Å²) in [5.41, 5.74) is 1.22. The van der Waals surface area contributed by atoms with Crippen molar-refractivity contribution in [3.8, 4) is 5.75 Å². The lowest BCUT2D eigenvalue weighted by Gasteiger charge is -2.41. The van der Waals surface area contributed by atoms with Gasteiger partial charge in [0.25, 0.3) is 0 Å². The van der Waals surface area contributed by atoms with Gasteiger partial charge in [-0.05, 0) is 38.5 Å². The van der Waals surface area contributed by atoms with Crippen molar-refractivity contribution < 1.29 is 9.47 Å². The van der Waals surface area contributed by atoms with E-state index in [1.165, 1.54) is 5.56 Å². The third kappa shape index (κ3) is 6.21. The van der Waals surface area contributed by atoms with Crippen LogP contribution in [0, 0.1) is 0 Å². The van der Waals surface area contributed by atoms with Crippen molar-refractivity contribution in [3.05, 3.63) is 29.8 Å². The fourth-order valence-electron chi connectivity index (χ4n) is 2.90. The van der Waals surface area contributed by atoms with Gasteiger partial charge in [-0.25, -0.2) is 0 Å². The van der Waals surface area contributed by atoms with E-state index in [4.69, 9.17) is 9.47 Å². The second-order valence-electron chi connectivity index (χ2n) is 6.77. The number of benzene rings is 1. The molecule has 0 aliphatic carbocycles. The molecule has 0 bridgehead atoms. The van der Waals surface area contributed by atoms with Crippen molar-refractivity contribution in [2.24, 2.45) is 4.99 Å². The van der Waals surface area contributed by atoms with E-state index in [1.807, 2.05) is 19.1 Å². The maximum Gasteiger partial charge on any atom is 0.191 e. The Morgan fingerprint density at radius 1 is 1.28 bits per heavy atom. The number of hydrogen-bond donors (Lipinski definition) is 2. The summed E-state index contributed by atoms with van der Waals surface area (Å²) in [6.07, 6.45) is 0. The Morgan fingerprint density at radius 2 is 2.04 bits per heavy atom. The molecule has 0 amide bonds. The van der Waals surface area contributed by atoms with Gasteiger partial charge in [-0.15, -0.1) is 0 Å². The maximum absolute atomic E-state index is 5.55. The number of guanidine groups is 1. The molecule has 0 spiro atoms. The first-order valence-corrected chi connectivity index (χ1v) is 9.04. The summed E-state index contributed by atoms with van der Waals surface area (Å²) in [4.78, 5) is 6.79.